The quantitative estimate of drug-likeness (QED) is 0.153. The monoisotopic (exact) mass is 604 g/mol. The first kappa shape index (κ1) is 28.6. The standard InChI is InChI=1S/C29H25ClN6O3S2/c1-29(2,3)28(39)36-26(40-17-20-6-9-25(30)41-20)13-22(34-36)21-7-8-23(18-5-4-11-31-14-18)35(27(21)38)16-24(37)19-10-12-32-33-15-19/h4-15H,16-17H2,1-3H3. The highest BCUT2D eigenvalue weighted by atomic mass is 35.5. The van der Waals surface area contributed by atoms with E-state index in [4.69, 9.17) is 11.6 Å². The molecule has 5 rings (SSSR count). The lowest BCUT2D eigenvalue weighted by Gasteiger charge is -2.17. The van der Waals surface area contributed by atoms with Gasteiger partial charge in [-0.05, 0) is 48.5 Å². The van der Waals surface area contributed by atoms with E-state index in [1.54, 1.807) is 42.7 Å². The maximum absolute atomic E-state index is 14.0. The number of hydrogen-bond acceptors (Lipinski definition) is 9. The largest absolute Gasteiger partial charge is 0.300 e. The molecule has 5 aromatic heterocycles. The number of thiophene rings is 1. The molecule has 0 spiro atoms. The summed E-state index contributed by atoms with van der Waals surface area (Å²) in [5.74, 6) is 0.0743. The Morgan fingerprint density at radius 3 is 2.51 bits per heavy atom. The average Bonchev–Trinajstić information content (AvgIpc) is 3.58. The minimum absolute atomic E-state index is 0.205. The zero-order valence-corrected chi connectivity index (χ0v) is 24.8. The lowest BCUT2D eigenvalue weighted by Crippen LogP contribution is -2.29. The van der Waals surface area contributed by atoms with Crippen molar-refractivity contribution in [3.63, 3.8) is 0 Å². The number of carbonyl (C=O) groups is 2. The Kier molecular flexibility index (Phi) is 8.30. The normalized spacial score (nSPS) is 11.5. The van der Waals surface area contributed by atoms with Crippen LogP contribution in [0, 0.1) is 5.41 Å². The van der Waals surface area contributed by atoms with Crippen molar-refractivity contribution < 1.29 is 9.59 Å². The molecular formula is C29H25ClN6O3S2. The number of carbonyl (C=O) groups excluding carboxylic acids is 2. The Morgan fingerprint density at radius 1 is 1.02 bits per heavy atom. The first-order valence-corrected chi connectivity index (χ1v) is 14.8. The summed E-state index contributed by atoms with van der Waals surface area (Å²) in [7, 11) is 0. The predicted octanol–water partition coefficient (Wildman–Crippen LogP) is 6.14. The molecule has 0 saturated carbocycles. The lowest BCUT2D eigenvalue weighted by atomic mass is 9.96. The first-order valence-electron chi connectivity index (χ1n) is 12.6. The Hall–Kier alpha value is -3.93. The topological polar surface area (TPSA) is 113 Å². The summed E-state index contributed by atoms with van der Waals surface area (Å²) >= 11 is 9.01. The van der Waals surface area contributed by atoms with E-state index in [0.717, 1.165) is 4.88 Å². The molecule has 0 unspecified atom stereocenters. The van der Waals surface area contributed by atoms with Crippen molar-refractivity contribution in [2.24, 2.45) is 5.41 Å². The number of halogens is 1. The molecule has 0 atom stereocenters. The maximum Gasteiger partial charge on any atom is 0.260 e. The fraction of sp³-hybridized carbons (Fsp3) is 0.207. The van der Waals surface area contributed by atoms with Crippen LogP contribution in [-0.4, -0.2) is 41.2 Å². The van der Waals surface area contributed by atoms with Crippen LogP contribution in [0.3, 0.4) is 0 Å². The average molecular weight is 605 g/mol. The van der Waals surface area contributed by atoms with Gasteiger partial charge < -0.3 is 0 Å². The van der Waals surface area contributed by atoms with Gasteiger partial charge in [-0.3, -0.25) is 23.9 Å². The van der Waals surface area contributed by atoms with E-state index in [2.05, 4.69) is 20.3 Å². The minimum Gasteiger partial charge on any atom is -0.300 e. The third kappa shape index (κ3) is 6.37. The minimum atomic E-state index is -0.708. The van der Waals surface area contributed by atoms with E-state index >= 15 is 0 Å². The van der Waals surface area contributed by atoms with Crippen molar-refractivity contribution in [3.05, 3.63) is 98.4 Å². The molecule has 9 nitrogen and oxygen atoms in total. The van der Waals surface area contributed by atoms with E-state index < -0.39 is 11.0 Å². The molecule has 5 aromatic rings. The van der Waals surface area contributed by atoms with Crippen molar-refractivity contribution in [2.75, 3.05) is 0 Å². The maximum atomic E-state index is 14.0. The summed E-state index contributed by atoms with van der Waals surface area (Å²) in [5, 5.41) is 12.7. The molecule has 0 radical (unpaired) electrons. The van der Waals surface area contributed by atoms with Gasteiger partial charge in [0.2, 0.25) is 0 Å². The SMILES string of the molecule is CC(C)(C)C(=O)n1nc(-c2ccc(-c3cccnc3)n(CC(=O)c3ccnnc3)c2=O)cc1SCc1ccc(Cl)s1. The Labute approximate surface area is 249 Å². The lowest BCUT2D eigenvalue weighted by molar-refractivity contribution is 0.0736. The number of rotatable bonds is 8. The Balaban J connectivity index is 1.60. The second-order valence-corrected chi connectivity index (χ2v) is 12.9. The van der Waals surface area contributed by atoms with E-state index in [1.807, 2.05) is 39.0 Å². The highest BCUT2D eigenvalue weighted by molar-refractivity contribution is 7.98. The van der Waals surface area contributed by atoms with Crippen LogP contribution in [0.1, 0.15) is 40.8 Å². The second kappa shape index (κ2) is 11.9. The molecule has 0 fully saturated rings. The summed E-state index contributed by atoms with van der Waals surface area (Å²) in [4.78, 5) is 45.7. The highest BCUT2D eigenvalue weighted by Gasteiger charge is 2.28. The smallest absolute Gasteiger partial charge is 0.260 e. The van der Waals surface area contributed by atoms with E-state index in [9.17, 15) is 14.4 Å². The number of thioether (sulfide) groups is 1. The van der Waals surface area contributed by atoms with Crippen LogP contribution in [0.15, 0.2) is 83.1 Å². The zero-order valence-electron chi connectivity index (χ0n) is 22.4. The molecule has 0 amide bonds. The molecule has 0 N–H and O–H groups in total. The third-order valence-electron chi connectivity index (χ3n) is 6.12. The second-order valence-electron chi connectivity index (χ2n) is 10.1. The van der Waals surface area contributed by atoms with Crippen LogP contribution in [0.25, 0.3) is 22.5 Å². The molecule has 0 saturated heterocycles. The van der Waals surface area contributed by atoms with Crippen molar-refractivity contribution in [1.82, 2.24) is 29.5 Å². The number of ketones is 1. The van der Waals surface area contributed by atoms with E-state index in [1.165, 1.54) is 44.7 Å². The highest BCUT2D eigenvalue weighted by Crippen LogP contribution is 2.33. The summed E-state index contributed by atoms with van der Waals surface area (Å²) < 4.78 is 3.45. The summed E-state index contributed by atoms with van der Waals surface area (Å²) in [5.41, 5.74) is 1.01. The predicted molar refractivity (Wildman–Crippen MR) is 160 cm³/mol. The van der Waals surface area contributed by atoms with Gasteiger partial charge >= 0.3 is 0 Å². The molecule has 12 heteroatoms. The Bertz CT molecular complexity index is 1780. The summed E-state index contributed by atoms with van der Waals surface area (Å²) in [6, 6.07) is 14.1. The van der Waals surface area contributed by atoms with Crippen molar-refractivity contribution in [3.8, 4) is 22.5 Å². The number of Topliss-reactive ketones (excluding diaryl/α,β-unsaturated/α-hetero) is 1. The number of nitrogens with zero attached hydrogens (tertiary/aromatic N) is 6. The molecule has 0 aliphatic rings. The van der Waals surface area contributed by atoms with Crippen LogP contribution in [0.5, 0.6) is 0 Å². The van der Waals surface area contributed by atoms with Crippen LogP contribution in [-0.2, 0) is 12.3 Å². The molecular weight excluding hydrogens is 580 g/mol. The molecule has 0 aliphatic heterocycles. The van der Waals surface area contributed by atoms with Crippen molar-refractivity contribution >= 4 is 46.4 Å². The van der Waals surface area contributed by atoms with E-state index in [-0.39, 0.29) is 23.8 Å². The van der Waals surface area contributed by atoms with Gasteiger partial charge in [-0.1, -0.05) is 32.4 Å². The molecule has 208 valence electrons. The fourth-order valence-corrected chi connectivity index (χ4v) is 6.15. The van der Waals surface area contributed by atoms with Crippen LogP contribution >= 0.6 is 34.7 Å². The number of hydrogen-bond donors (Lipinski definition) is 0. The van der Waals surface area contributed by atoms with Gasteiger partial charge in [0.15, 0.2) is 5.78 Å². The van der Waals surface area contributed by atoms with Crippen molar-refractivity contribution in [2.45, 2.75) is 38.1 Å². The molecule has 41 heavy (non-hydrogen) atoms. The van der Waals surface area contributed by atoms with Gasteiger partial charge in [-0.15, -0.1) is 23.1 Å². The van der Waals surface area contributed by atoms with Gasteiger partial charge in [0.1, 0.15) is 5.03 Å². The molecule has 0 aliphatic carbocycles. The number of pyridine rings is 2. The Morgan fingerprint density at radius 2 is 1.85 bits per heavy atom. The molecule has 0 aromatic carbocycles. The fourth-order valence-electron chi connectivity index (χ4n) is 4.02. The zero-order chi connectivity index (χ0) is 29.1. The third-order valence-corrected chi connectivity index (χ3v) is 8.57. The molecule has 5 heterocycles. The van der Waals surface area contributed by atoms with E-state index in [0.29, 0.717) is 37.6 Å². The molecule has 0 bridgehead atoms. The summed E-state index contributed by atoms with van der Waals surface area (Å²) in [6.07, 6.45) is 6.06. The van der Waals surface area contributed by atoms with Crippen LogP contribution in [0.4, 0.5) is 0 Å². The van der Waals surface area contributed by atoms with Gasteiger partial charge in [-0.25, -0.2) is 0 Å². The van der Waals surface area contributed by atoms with Gasteiger partial charge in [-0.2, -0.15) is 20.0 Å². The summed E-state index contributed by atoms with van der Waals surface area (Å²) in [6.45, 7) is 5.23. The van der Waals surface area contributed by atoms with Crippen LogP contribution < -0.4 is 5.56 Å². The first-order chi connectivity index (χ1) is 19.6. The van der Waals surface area contributed by atoms with Crippen LogP contribution in [0.2, 0.25) is 4.34 Å². The van der Waals surface area contributed by atoms with Gasteiger partial charge in [0.05, 0.1) is 40.2 Å². The van der Waals surface area contributed by atoms with Crippen molar-refractivity contribution in [1.29, 1.82) is 0 Å². The van der Waals surface area contributed by atoms with Gasteiger partial charge in [0, 0.05) is 39.6 Å². The number of aromatic nitrogens is 6. The van der Waals surface area contributed by atoms with Gasteiger partial charge in [0.25, 0.3) is 11.5 Å².